The van der Waals surface area contributed by atoms with Gasteiger partial charge in [0.05, 0.1) is 10.0 Å². The fourth-order valence-electron chi connectivity index (χ4n) is 2.21. The molecule has 2 N–H and O–H groups in total. The van der Waals surface area contributed by atoms with Crippen LogP contribution in [0.25, 0.3) is 0 Å². The lowest BCUT2D eigenvalue weighted by Crippen LogP contribution is -2.29. The molecule has 124 valence electrons. The van der Waals surface area contributed by atoms with Crippen LogP contribution in [0.3, 0.4) is 0 Å². The molecule has 0 aliphatic carbocycles. The number of thiocarbonyl (C=S) groups is 1. The molecule has 0 aromatic heterocycles. The van der Waals surface area contributed by atoms with E-state index in [9.17, 15) is 0 Å². The predicted molar refractivity (Wildman–Crippen MR) is 103 cm³/mol. The molecule has 0 aliphatic rings. The number of halogens is 2. The quantitative estimate of drug-likeness (QED) is 0.371. The molecule has 0 fully saturated rings. The number of rotatable bonds is 10. The molecule has 0 heterocycles. The summed E-state index contributed by atoms with van der Waals surface area (Å²) < 4.78 is 0. The highest BCUT2D eigenvalue weighted by Gasteiger charge is 2.01. The van der Waals surface area contributed by atoms with Gasteiger partial charge in [0, 0.05) is 12.2 Å². The van der Waals surface area contributed by atoms with Gasteiger partial charge in [0.15, 0.2) is 5.11 Å². The Morgan fingerprint density at radius 2 is 1.59 bits per heavy atom. The van der Waals surface area contributed by atoms with E-state index in [0.29, 0.717) is 15.2 Å². The van der Waals surface area contributed by atoms with Gasteiger partial charge in [0.1, 0.15) is 0 Å². The maximum atomic E-state index is 5.97. The highest BCUT2D eigenvalue weighted by atomic mass is 35.5. The molecular weight excluding hydrogens is 335 g/mol. The SMILES string of the molecule is CCCCCCCCCCNC(=S)Nc1ccc(Cl)c(Cl)c1. The van der Waals surface area contributed by atoms with Crippen molar-refractivity contribution in [3.8, 4) is 0 Å². The summed E-state index contributed by atoms with van der Waals surface area (Å²) >= 11 is 17.1. The Balaban J connectivity index is 2.05. The van der Waals surface area contributed by atoms with E-state index in [-0.39, 0.29) is 0 Å². The fourth-order valence-corrected chi connectivity index (χ4v) is 2.73. The molecule has 2 nitrogen and oxygen atoms in total. The van der Waals surface area contributed by atoms with Crippen LogP contribution >= 0.6 is 35.4 Å². The zero-order valence-corrected chi connectivity index (χ0v) is 15.6. The van der Waals surface area contributed by atoms with Gasteiger partial charge in [0.2, 0.25) is 0 Å². The standard InChI is InChI=1S/C17H26Cl2N2S/c1-2-3-4-5-6-7-8-9-12-20-17(22)21-14-10-11-15(18)16(19)13-14/h10-11,13H,2-9,12H2,1H3,(H2,20,21,22). The molecule has 1 aromatic carbocycles. The monoisotopic (exact) mass is 360 g/mol. The Morgan fingerprint density at radius 1 is 0.955 bits per heavy atom. The number of hydrogen-bond acceptors (Lipinski definition) is 1. The molecule has 0 unspecified atom stereocenters. The maximum absolute atomic E-state index is 5.97. The van der Waals surface area contributed by atoms with Crippen molar-refractivity contribution < 1.29 is 0 Å². The van der Waals surface area contributed by atoms with Crippen molar-refractivity contribution in [3.63, 3.8) is 0 Å². The second-order valence-electron chi connectivity index (χ2n) is 5.48. The number of anilines is 1. The van der Waals surface area contributed by atoms with E-state index in [0.717, 1.165) is 18.7 Å². The van der Waals surface area contributed by atoms with Crippen LogP contribution in [0.5, 0.6) is 0 Å². The van der Waals surface area contributed by atoms with Gasteiger partial charge in [-0.15, -0.1) is 0 Å². The average molecular weight is 361 g/mol. The summed E-state index contributed by atoms with van der Waals surface area (Å²) in [5, 5.41) is 8.03. The third kappa shape index (κ3) is 8.82. The van der Waals surface area contributed by atoms with Crippen molar-refractivity contribution in [2.75, 3.05) is 11.9 Å². The van der Waals surface area contributed by atoms with Gasteiger partial charge in [-0.1, -0.05) is 75.1 Å². The van der Waals surface area contributed by atoms with Gasteiger partial charge >= 0.3 is 0 Å². The van der Waals surface area contributed by atoms with Crippen molar-refractivity contribution in [1.82, 2.24) is 5.32 Å². The molecule has 1 rings (SSSR count). The van der Waals surface area contributed by atoms with Crippen molar-refractivity contribution in [1.29, 1.82) is 0 Å². The third-order valence-corrected chi connectivity index (χ3v) is 4.48. The summed E-state index contributed by atoms with van der Waals surface area (Å²) in [7, 11) is 0. The lowest BCUT2D eigenvalue weighted by atomic mass is 10.1. The number of unbranched alkanes of at least 4 members (excludes halogenated alkanes) is 7. The summed E-state index contributed by atoms with van der Waals surface area (Å²) in [6.45, 7) is 3.16. The minimum Gasteiger partial charge on any atom is -0.362 e. The Hall–Kier alpha value is -0.510. The van der Waals surface area contributed by atoms with Crippen LogP contribution in [-0.2, 0) is 0 Å². The summed E-state index contributed by atoms with van der Waals surface area (Å²) in [5.74, 6) is 0. The Morgan fingerprint density at radius 3 is 2.23 bits per heavy atom. The molecule has 0 amide bonds. The first-order chi connectivity index (χ1) is 10.6. The van der Waals surface area contributed by atoms with Gasteiger partial charge in [-0.3, -0.25) is 0 Å². The Labute approximate surface area is 150 Å². The van der Waals surface area contributed by atoms with E-state index in [1.807, 2.05) is 6.07 Å². The van der Waals surface area contributed by atoms with Crippen LogP contribution in [0.15, 0.2) is 18.2 Å². The van der Waals surface area contributed by atoms with Crippen molar-refractivity contribution in [2.45, 2.75) is 58.3 Å². The van der Waals surface area contributed by atoms with E-state index in [1.54, 1.807) is 12.1 Å². The number of nitrogens with one attached hydrogen (secondary N) is 2. The van der Waals surface area contributed by atoms with Crippen LogP contribution in [-0.4, -0.2) is 11.7 Å². The minimum absolute atomic E-state index is 0.525. The highest BCUT2D eigenvalue weighted by Crippen LogP contribution is 2.24. The van der Waals surface area contributed by atoms with Gasteiger partial charge in [-0.05, 0) is 36.8 Å². The fraction of sp³-hybridized carbons (Fsp3) is 0.588. The van der Waals surface area contributed by atoms with E-state index in [4.69, 9.17) is 35.4 Å². The molecule has 0 saturated heterocycles. The average Bonchev–Trinajstić information content (AvgIpc) is 2.49. The van der Waals surface area contributed by atoms with Gasteiger partial charge in [0.25, 0.3) is 0 Å². The van der Waals surface area contributed by atoms with Gasteiger partial charge in [-0.25, -0.2) is 0 Å². The lowest BCUT2D eigenvalue weighted by Gasteiger charge is -2.11. The molecular formula is C17H26Cl2N2S. The van der Waals surface area contributed by atoms with Gasteiger partial charge < -0.3 is 10.6 Å². The van der Waals surface area contributed by atoms with Crippen LogP contribution in [0.2, 0.25) is 10.0 Å². The van der Waals surface area contributed by atoms with E-state index >= 15 is 0 Å². The third-order valence-electron chi connectivity index (χ3n) is 3.49. The zero-order chi connectivity index (χ0) is 16.2. The summed E-state index contributed by atoms with van der Waals surface area (Å²) in [6, 6.07) is 5.39. The molecule has 0 aliphatic heterocycles. The molecule has 0 bridgehead atoms. The van der Waals surface area contributed by atoms with Crippen LogP contribution in [0.4, 0.5) is 5.69 Å². The first-order valence-electron chi connectivity index (χ1n) is 8.13. The first-order valence-corrected chi connectivity index (χ1v) is 9.29. The lowest BCUT2D eigenvalue weighted by molar-refractivity contribution is 0.573. The Bertz CT molecular complexity index is 452. The maximum Gasteiger partial charge on any atom is 0.170 e. The van der Waals surface area contributed by atoms with Crippen LogP contribution in [0, 0.1) is 0 Å². The zero-order valence-electron chi connectivity index (χ0n) is 13.3. The smallest absolute Gasteiger partial charge is 0.170 e. The largest absolute Gasteiger partial charge is 0.362 e. The van der Waals surface area contributed by atoms with E-state index in [1.165, 1.54) is 44.9 Å². The molecule has 0 radical (unpaired) electrons. The summed E-state index contributed by atoms with van der Waals surface area (Å²) in [4.78, 5) is 0. The predicted octanol–water partition coefficient (Wildman–Crippen LogP) is 6.42. The van der Waals surface area contributed by atoms with Crippen LogP contribution in [0.1, 0.15) is 58.3 Å². The highest BCUT2D eigenvalue weighted by molar-refractivity contribution is 7.80. The van der Waals surface area contributed by atoms with E-state index in [2.05, 4.69) is 17.6 Å². The molecule has 5 heteroatoms. The van der Waals surface area contributed by atoms with Gasteiger partial charge in [-0.2, -0.15) is 0 Å². The Kier molecular flexibility index (Phi) is 10.6. The number of benzene rings is 1. The second kappa shape index (κ2) is 12.0. The van der Waals surface area contributed by atoms with E-state index < -0.39 is 0 Å². The van der Waals surface area contributed by atoms with Crippen molar-refractivity contribution >= 4 is 46.2 Å². The normalized spacial score (nSPS) is 10.5. The number of hydrogen-bond donors (Lipinski definition) is 2. The molecule has 22 heavy (non-hydrogen) atoms. The topological polar surface area (TPSA) is 24.1 Å². The first kappa shape index (κ1) is 19.5. The summed E-state index contributed by atoms with van der Waals surface area (Å²) in [5.41, 5.74) is 0.850. The second-order valence-corrected chi connectivity index (χ2v) is 6.71. The van der Waals surface area contributed by atoms with Crippen molar-refractivity contribution in [3.05, 3.63) is 28.2 Å². The summed E-state index contributed by atoms with van der Waals surface area (Å²) in [6.07, 6.45) is 10.5. The van der Waals surface area contributed by atoms with Crippen molar-refractivity contribution in [2.24, 2.45) is 0 Å². The van der Waals surface area contributed by atoms with Crippen LogP contribution < -0.4 is 10.6 Å². The molecule has 0 saturated carbocycles. The molecule has 0 atom stereocenters. The molecule has 0 spiro atoms. The molecule has 1 aromatic rings. The minimum atomic E-state index is 0.525.